The predicted octanol–water partition coefficient (Wildman–Crippen LogP) is 2.22. The minimum atomic E-state index is -1.18. The highest BCUT2D eigenvalue weighted by Gasteiger charge is 2.26. The number of unbranched alkanes of at least 4 members (excludes halogenated alkanes) is 1. The Labute approximate surface area is 173 Å². The third-order valence-electron chi connectivity index (χ3n) is 4.97. The lowest BCUT2D eigenvalue weighted by Gasteiger charge is -2.20. The zero-order valence-corrected chi connectivity index (χ0v) is 17.0. The van der Waals surface area contributed by atoms with E-state index in [1.165, 1.54) is 0 Å². The van der Waals surface area contributed by atoms with Crippen LogP contribution in [0.25, 0.3) is 10.8 Å². The second-order valence-electron chi connectivity index (χ2n) is 7.46. The van der Waals surface area contributed by atoms with Crippen molar-refractivity contribution in [1.82, 2.24) is 9.88 Å². The van der Waals surface area contributed by atoms with Crippen LogP contribution >= 0.6 is 0 Å². The summed E-state index contributed by atoms with van der Waals surface area (Å²) in [5, 5.41) is 12.4. The van der Waals surface area contributed by atoms with Crippen LogP contribution in [0.1, 0.15) is 38.3 Å². The number of nitrogens with one attached hydrogen (secondary N) is 1. The lowest BCUT2D eigenvalue weighted by molar-refractivity contribution is -0.119. The summed E-state index contributed by atoms with van der Waals surface area (Å²) in [7, 11) is 0. The summed E-state index contributed by atoms with van der Waals surface area (Å²) in [4.78, 5) is 35.4. The number of hydrogen-bond acceptors (Lipinski definition) is 5. The molecule has 1 aromatic heterocycles. The molecule has 1 aromatic carbocycles. The van der Waals surface area contributed by atoms with Gasteiger partial charge in [0, 0.05) is 11.9 Å². The number of amides is 2. The molecule has 162 valence electrons. The van der Waals surface area contributed by atoms with Crippen molar-refractivity contribution in [2.24, 2.45) is 11.7 Å². The minimum Gasteiger partial charge on any atom is -0.491 e. The number of hydrogen-bond donors (Lipinski definition) is 3. The summed E-state index contributed by atoms with van der Waals surface area (Å²) < 4.78 is 13.1. The molecule has 0 atom stereocenters. The molecule has 1 fully saturated rings. The highest BCUT2D eigenvalue weighted by atomic mass is 16.5. The topological polar surface area (TPSA) is 133 Å². The van der Waals surface area contributed by atoms with E-state index in [0.717, 1.165) is 25.7 Å². The highest BCUT2D eigenvalue weighted by Crippen LogP contribution is 2.35. The van der Waals surface area contributed by atoms with Crippen LogP contribution in [0.15, 0.2) is 23.0 Å². The first-order valence-electron chi connectivity index (χ1n) is 10.1. The van der Waals surface area contributed by atoms with Crippen LogP contribution in [0, 0.1) is 5.92 Å². The quantitative estimate of drug-likeness (QED) is 0.480. The van der Waals surface area contributed by atoms with Gasteiger partial charge in [0.15, 0.2) is 6.61 Å². The van der Waals surface area contributed by atoms with E-state index >= 15 is 0 Å². The van der Waals surface area contributed by atoms with Crippen molar-refractivity contribution in [2.45, 2.75) is 45.7 Å². The minimum absolute atomic E-state index is 0.0545. The maximum absolute atomic E-state index is 13.2. The number of rotatable bonds is 11. The number of primary amides is 1. The number of pyridine rings is 1. The van der Waals surface area contributed by atoms with Gasteiger partial charge >= 0.3 is 6.09 Å². The molecular weight excluding hydrogens is 390 g/mol. The maximum atomic E-state index is 13.2. The second kappa shape index (κ2) is 9.51. The molecule has 4 N–H and O–H groups in total. The van der Waals surface area contributed by atoms with E-state index in [9.17, 15) is 14.4 Å². The van der Waals surface area contributed by atoms with Gasteiger partial charge in [-0.25, -0.2) is 4.79 Å². The molecule has 3 rings (SSSR count). The standard InChI is InChI=1S/C21H27N3O6/c1-2-3-8-29-19-16-9-14(30-12-18(22)25)6-7-15(16)20(26)24(11-13-4-5-13)17(19)10-23-21(27)28/h6-7,9,13,23H,2-5,8,10-12H2,1H3,(H2,22,25)(H,27,28). The molecule has 2 amide bonds. The summed E-state index contributed by atoms with van der Waals surface area (Å²) in [6.07, 6.45) is 2.64. The Kier molecular flexibility index (Phi) is 6.81. The van der Waals surface area contributed by atoms with Crippen molar-refractivity contribution in [2.75, 3.05) is 13.2 Å². The number of aromatic nitrogens is 1. The number of carbonyl (C=O) groups excluding carboxylic acids is 1. The van der Waals surface area contributed by atoms with E-state index in [-0.39, 0.29) is 18.7 Å². The van der Waals surface area contributed by atoms with E-state index in [1.807, 2.05) is 6.92 Å². The summed E-state index contributed by atoms with van der Waals surface area (Å²) in [5.41, 5.74) is 5.43. The van der Waals surface area contributed by atoms with Crippen molar-refractivity contribution in [3.05, 3.63) is 34.2 Å². The molecule has 0 unspecified atom stereocenters. The van der Waals surface area contributed by atoms with E-state index < -0.39 is 12.0 Å². The molecule has 1 aliphatic carbocycles. The molecule has 1 aliphatic rings. The van der Waals surface area contributed by atoms with Crippen LogP contribution < -0.4 is 26.1 Å². The molecule has 30 heavy (non-hydrogen) atoms. The molecule has 9 nitrogen and oxygen atoms in total. The van der Waals surface area contributed by atoms with Gasteiger partial charge in [-0.2, -0.15) is 0 Å². The third kappa shape index (κ3) is 5.22. The Morgan fingerprint density at radius 1 is 1.27 bits per heavy atom. The van der Waals surface area contributed by atoms with Crippen LogP contribution in [0.4, 0.5) is 4.79 Å². The average Bonchev–Trinajstić information content (AvgIpc) is 3.52. The molecule has 1 saturated carbocycles. The average molecular weight is 417 g/mol. The number of nitrogens with zero attached hydrogens (tertiary/aromatic N) is 1. The van der Waals surface area contributed by atoms with E-state index in [4.69, 9.17) is 20.3 Å². The molecule has 0 aliphatic heterocycles. The monoisotopic (exact) mass is 417 g/mol. The zero-order valence-electron chi connectivity index (χ0n) is 17.0. The fraction of sp³-hybridized carbons (Fsp3) is 0.476. The Balaban J connectivity index is 2.14. The number of fused-ring (bicyclic) bond motifs is 1. The van der Waals surface area contributed by atoms with Crippen molar-refractivity contribution in [3.63, 3.8) is 0 Å². The first-order valence-corrected chi connectivity index (χ1v) is 10.1. The van der Waals surface area contributed by atoms with Gasteiger partial charge < -0.3 is 30.2 Å². The van der Waals surface area contributed by atoms with Crippen molar-refractivity contribution in [1.29, 1.82) is 0 Å². The molecule has 9 heteroatoms. The van der Waals surface area contributed by atoms with Crippen LogP contribution in [0.5, 0.6) is 11.5 Å². The SMILES string of the molecule is CCCCOc1c(CNC(=O)O)n(CC2CC2)c(=O)c2ccc(OCC(N)=O)cc12. The van der Waals surface area contributed by atoms with Crippen molar-refractivity contribution < 1.29 is 24.2 Å². The summed E-state index contributed by atoms with van der Waals surface area (Å²) in [6.45, 7) is 2.65. The highest BCUT2D eigenvalue weighted by molar-refractivity contribution is 5.90. The first-order chi connectivity index (χ1) is 14.4. The molecule has 2 aromatic rings. The maximum Gasteiger partial charge on any atom is 0.404 e. The normalized spacial score (nSPS) is 13.2. The second-order valence-corrected chi connectivity index (χ2v) is 7.46. The molecule has 1 heterocycles. The van der Waals surface area contributed by atoms with Gasteiger partial charge in [-0.15, -0.1) is 0 Å². The number of nitrogens with two attached hydrogens (primary N) is 1. The van der Waals surface area contributed by atoms with Gasteiger partial charge in [-0.3, -0.25) is 9.59 Å². The molecule has 0 spiro atoms. The zero-order chi connectivity index (χ0) is 21.7. The molecular formula is C21H27N3O6. The lowest BCUT2D eigenvalue weighted by Crippen LogP contribution is -2.30. The van der Waals surface area contributed by atoms with Crippen LogP contribution in [-0.2, 0) is 17.9 Å². The summed E-state index contributed by atoms with van der Waals surface area (Å²) >= 11 is 0. The van der Waals surface area contributed by atoms with Gasteiger partial charge in [-0.1, -0.05) is 13.3 Å². The Morgan fingerprint density at radius 2 is 2.03 bits per heavy atom. The molecule has 0 saturated heterocycles. The van der Waals surface area contributed by atoms with Gasteiger partial charge in [0.25, 0.3) is 11.5 Å². The largest absolute Gasteiger partial charge is 0.491 e. The number of carbonyl (C=O) groups is 2. The smallest absolute Gasteiger partial charge is 0.404 e. The van der Waals surface area contributed by atoms with E-state index in [0.29, 0.717) is 47.0 Å². The van der Waals surface area contributed by atoms with Gasteiger partial charge in [-0.05, 0) is 43.4 Å². The lowest BCUT2D eigenvalue weighted by atomic mass is 10.1. The predicted molar refractivity (Wildman–Crippen MR) is 111 cm³/mol. The van der Waals surface area contributed by atoms with Crippen molar-refractivity contribution in [3.8, 4) is 11.5 Å². The number of carboxylic acid groups (broad SMARTS) is 1. The molecule has 0 radical (unpaired) electrons. The van der Waals surface area contributed by atoms with E-state index in [2.05, 4.69) is 5.32 Å². The fourth-order valence-electron chi connectivity index (χ4n) is 3.25. The van der Waals surface area contributed by atoms with Crippen molar-refractivity contribution >= 4 is 22.8 Å². The fourth-order valence-corrected chi connectivity index (χ4v) is 3.25. The van der Waals surface area contributed by atoms with Crippen LogP contribution in [0.3, 0.4) is 0 Å². The summed E-state index contributed by atoms with van der Waals surface area (Å²) in [5.74, 6) is 0.626. The Hall–Kier alpha value is -3.23. The van der Waals surface area contributed by atoms with Gasteiger partial charge in [0.2, 0.25) is 0 Å². The van der Waals surface area contributed by atoms with E-state index in [1.54, 1.807) is 22.8 Å². The van der Waals surface area contributed by atoms with Crippen LogP contribution in [-0.4, -0.2) is 34.9 Å². The first kappa shape index (κ1) is 21.5. The number of ether oxygens (including phenoxy) is 2. The summed E-state index contributed by atoms with van der Waals surface area (Å²) in [6, 6.07) is 4.88. The Bertz CT molecular complexity index is 996. The Morgan fingerprint density at radius 3 is 2.67 bits per heavy atom. The van der Waals surface area contributed by atoms with Crippen LogP contribution in [0.2, 0.25) is 0 Å². The third-order valence-corrected chi connectivity index (χ3v) is 4.97. The van der Waals surface area contributed by atoms with Gasteiger partial charge in [0.05, 0.1) is 24.2 Å². The van der Waals surface area contributed by atoms with Gasteiger partial charge in [0.1, 0.15) is 11.5 Å². The molecule has 0 bridgehead atoms. The number of benzene rings is 1.